The van der Waals surface area contributed by atoms with Crippen LogP contribution in [0.2, 0.25) is 0 Å². The zero-order chi connectivity index (χ0) is 16.7. The number of para-hydroxylation sites is 2. The van der Waals surface area contributed by atoms with Gasteiger partial charge in [0.25, 0.3) is 0 Å². The third-order valence-corrected chi connectivity index (χ3v) is 5.18. The molecule has 0 spiro atoms. The molecule has 1 fully saturated rings. The van der Waals surface area contributed by atoms with E-state index in [9.17, 15) is 0 Å². The smallest absolute Gasteiger partial charge is 0.138 e. The van der Waals surface area contributed by atoms with Crippen LogP contribution in [0.15, 0.2) is 28.8 Å². The summed E-state index contributed by atoms with van der Waals surface area (Å²) in [5.74, 6) is 2.10. The van der Waals surface area contributed by atoms with Gasteiger partial charge in [-0.15, -0.1) is 0 Å². The molecule has 4 rings (SSSR count). The molecule has 0 amide bonds. The predicted octanol–water partition coefficient (Wildman–Crippen LogP) is 4.00. The average molecular weight is 324 g/mol. The number of fused-ring (bicyclic) bond motifs is 1. The molecule has 0 unspecified atom stereocenters. The average Bonchev–Trinajstić information content (AvgIpc) is 3.25. The van der Waals surface area contributed by atoms with Gasteiger partial charge in [-0.2, -0.15) is 0 Å². The first kappa shape index (κ1) is 15.4. The van der Waals surface area contributed by atoms with E-state index in [1.807, 2.05) is 13.8 Å². The summed E-state index contributed by atoms with van der Waals surface area (Å²) < 4.78 is 7.73. The lowest BCUT2D eigenvalue weighted by atomic mass is 10.0. The molecule has 2 aromatic heterocycles. The number of hydrogen-bond acceptors (Lipinski definition) is 4. The van der Waals surface area contributed by atoms with Crippen LogP contribution in [0.5, 0.6) is 0 Å². The maximum atomic E-state index is 5.40. The highest BCUT2D eigenvalue weighted by atomic mass is 16.5. The molecule has 0 aliphatic carbocycles. The Hall–Kier alpha value is -2.14. The second-order valence-electron chi connectivity index (χ2n) is 6.63. The Bertz CT molecular complexity index is 844. The van der Waals surface area contributed by atoms with E-state index in [1.165, 1.54) is 17.5 Å². The van der Waals surface area contributed by atoms with Gasteiger partial charge in [0.05, 0.1) is 23.3 Å². The number of benzene rings is 1. The van der Waals surface area contributed by atoms with Crippen LogP contribution in [0.25, 0.3) is 11.0 Å². The van der Waals surface area contributed by atoms with E-state index in [1.54, 1.807) is 0 Å². The Labute approximate surface area is 142 Å². The first-order valence-corrected chi connectivity index (χ1v) is 8.80. The summed E-state index contributed by atoms with van der Waals surface area (Å²) in [5.41, 5.74) is 4.60. The highest BCUT2D eigenvalue weighted by Crippen LogP contribution is 2.36. The minimum Gasteiger partial charge on any atom is -0.361 e. The van der Waals surface area contributed by atoms with Gasteiger partial charge in [-0.05, 0) is 52.3 Å². The molecule has 0 bridgehead atoms. The quantitative estimate of drug-likeness (QED) is 0.728. The van der Waals surface area contributed by atoms with Gasteiger partial charge < -0.3 is 9.09 Å². The SMILES string of the molecule is CCn1c(CN2CCC[C@H]2c2c(C)noc2C)nc2ccccc21. The predicted molar refractivity (Wildman–Crippen MR) is 93.8 cm³/mol. The van der Waals surface area contributed by atoms with Crippen molar-refractivity contribution < 1.29 is 4.52 Å². The van der Waals surface area contributed by atoms with E-state index in [4.69, 9.17) is 9.51 Å². The van der Waals surface area contributed by atoms with Crippen LogP contribution in [0.1, 0.15) is 48.6 Å². The molecule has 1 aliphatic heterocycles. The fourth-order valence-electron chi connectivity index (χ4n) is 4.09. The first-order valence-electron chi connectivity index (χ1n) is 8.80. The molecule has 0 N–H and O–H groups in total. The fraction of sp³-hybridized carbons (Fsp3) is 0.474. The van der Waals surface area contributed by atoms with Crippen LogP contribution < -0.4 is 0 Å². The number of imidazole rings is 1. The van der Waals surface area contributed by atoms with Crippen molar-refractivity contribution in [2.75, 3.05) is 6.54 Å². The monoisotopic (exact) mass is 324 g/mol. The highest BCUT2D eigenvalue weighted by Gasteiger charge is 2.31. The molecule has 1 saturated heterocycles. The van der Waals surface area contributed by atoms with Crippen molar-refractivity contribution in [3.63, 3.8) is 0 Å². The molecule has 24 heavy (non-hydrogen) atoms. The molecule has 126 valence electrons. The summed E-state index contributed by atoms with van der Waals surface area (Å²) >= 11 is 0. The molecule has 0 radical (unpaired) electrons. The molecule has 1 aromatic carbocycles. The second-order valence-corrected chi connectivity index (χ2v) is 6.63. The third-order valence-electron chi connectivity index (χ3n) is 5.18. The van der Waals surface area contributed by atoms with Gasteiger partial charge >= 0.3 is 0 Å². The van der Waals surface area contributed by atoms with E-state index in [0.717, 1.165) is 48.9 Å². The maximum Gasteiger partial charge on any atom is 0.138 e. The molecular formula is C19H24N4O. The molecule has 1 aliphatic rings. The maximum absolute atomic E-state index is 5.40. The van der Waals surface area contributed by atoms with E-state index < -0.39 is 0 Å². The molecule has 5 nitrogen and oxygen atoms in total. The lowest BCUT2D eigenvalue weighted by molar-refractivity contribution is 0.237. The van der Waals surface area contributed by atoms with Gasteiger partial charge in [0.2, 0.25) is 0 Å². The Morgan fingerprint density at radius 3 is 2.83 bits per heavy atom. The van der Waals surface area contributed by atoms with Crippen molar-refractivity contribution in [2.45, 2.75) is 52.7 Å². The number of aromatic nitrogens is 3. The van der Waals surface area contributed by atoms with Crippen molar-refractivity contribution in [3.8, 4) is 0 Å². The molecule has 0 saturated carbocycles. The second kappa shape index (κ2) is 6.06. The van der Waals surface area contributed by atoms with E-state index in [0.29, 0.717) is 6.04 Å². The van der Waals surface area contributed by atoms with Crippen molar-refractivity contribution >= 4 is 11.0 Å². The summed E-state index contributed by atoms with van der Waals surface area (Å²) in [5, 5.41) is 4.15. The first-order chi connectivity index (χ1) is 11.7. The van der Waals surface area contributed by atoms with Gasteiger partial charge in [-0.25, -0.2) is 4.98 Å². The van der Waals surface area contributed by atoms with Crippen LogP contribution in [0.3, 0.4) is 0 Å². The topological polar surface area (TPSA) is 47.1 Å². The standard InChI is InChI=1S/C19H24N4O/c1-4-23-16-9-6-5-8-15(16)20-18(23)12-22-11-7-10-17(22)19-13(2)21-24-14(19)3/h5-6,8-9,17H,4,7,10-12H2,1-3H3/t17-/m0/s1. The molecule has 3 aromatic rings. The van der Waals surface area contributed by atoms with Crippen LogP contribution in [-0.4, -0.2) is 26.2 Å². The third kappa shape index (κ3) is 2.44. The normalized spacial score (nSPS) is 18.7. The largest absolute Gasteiger partial charge is 0.361 e. The Kier molecular flexibility index (Phi) is 3.88. The van der Waals surface area contributed by atoms with Crippen LogP contribution in [0, 0.1) is 13.8 Å². The minimum atomic E-state index is 0.390. The summed E-state index contributed by atoms with van der Waals surface area (Å²) in [6.45, 7) is 9.17. The van der Waals surface area contributed by atoms with Crippen molar-refractivity contribution in [2.24, 2.45) is 0 Å². The zero-order valence-electron chi connectivity index (χ0n) is 14.6. The fourth-order valence-corrected chi connectivity index (χ4v) is 4.09. The Morgan fingerprint density at radius 1 is 1.25 bits per heavy atom. The Morgan fingerprint density at radius 2 is 2.08 bits per heavy atom. The van der Waals surface area contributed by atoms with Gasteiger partial charge in [0, 0.05) is 18.2 Å². The Balaban J connectivity index is 1.67. The van der Waals surface area contributed by atoms with Crippen LogP contribution >= 0.6 is 0 Å². The molecule has 1 atom stereocenters. The number of rotatable bonds is 4. The molecule has 3 heterocycles. The summed E-state index contributed by atoms with van der Waals surface area (Å²) in [4.78, 5) is 7.42. The number of nitrogens with zero attached hydrogens (tertiary/aromatic N) is 4. The number of aryl methyl sites for hydroxylation is 3. The van der Waals surface area contributed by atoms with Crippen molar-refractivity contribution in [1.82, 2.24) is 19.6 Å². The van der Waals surface area contributed by atoms with E-state index >= 15 is 0 Å². The van der Waals surface area contributed by atoms with Crippen LogP contribution in [-0.2, 0) is 13.1 Å². The van der Waals surface area contributed by atoms with Gasteiger partial charge in [-0.1, -0.05) is 17.3 Å². The number of hydrogen-bond donors (Lipinski definition) is 0. The van der Waals surface area contributed by atoms with Gasteiger partial charge in [0.15, 0.2) is 0 Å². The molecular weight excluding hydrogens is 300 g/mol. The van der Waals surface area contributed by atoms with Crippen molar-refractivity contribution in [1.29, 1.82) is 0 Å². The van der Waals surface area contributed by atoms with Gasteiger partial charge in [-0.3, -0.25) is 4.90 Å². The summed E-state index contributed by atoms with van der Waals surface area (Å²) in [6.07, 6.45) is 2.37. The molecule has 5 heteroatoms. The van der Waals surface area contributed by atoms with Crippen LogP contribution in [0.4, 0.5) is 0 Å². The van der Waals surface area contributed by atoms with E-state index in [2.05, 4.69) is 45.8 Å². The number of likely N-dealkylation sites (tertiary alicyclic amines) is 1. The van der Waals surface area contributed by atoms with E-state index in [-0.39, 0.29) is 0 Å². The van der Waals surface area contributed by atoms with Gasteiger partial charge in [0.1, 0.15) is 11.6 Å². The minimum absolute atomic E-state index is 0.390. The lowest BCUT2D eigenvalue weighted by Gasteiger charge is -2.24. The lowest BCUT2D eigenvalue weighted by Crippen LogP contribution is -2.25. The summed E-state index contributed by atoms with van der Waals surface area (Å²) in [7, 11) is 0. The zero-order valence-corrected chi connectivity index (χ0v) is 14.6. The highest BCUT2D eigenvalue weighted by molar-refractivity contribution is 5.75. The van der Waals surface area contributed by atoms with Crippen molar-refractivity contribution in [3.05, 3.63) is 47.1 Å². The summed E-state index contributed by atoms with van der Waals surface area (Å²) in [6, 6.07) is 8.79.